The van der Waals surface area contributed by atoms with Gasteiger partial charge in [-0.2, -0.15) is 0 Å². The van der Waals surface area contributed by atoms with Crippen LogP contribution in [-0.2, 0) is 5.88 Å². The minimum Gasteiger partial charge on any atom is -0.395 e. The molecule has 1 fully saturated rings. The zero-order chi connectivity index (χ0) is 12.3. The second-order valence-electron chi connectivity index (χ2n) is 4.56. The summed E-state index contributed by atoms with van der Waals surface area (Å²) in [6.07, 6.45) is 3.53. The van der Waals surface area contributed by atoms with Gasteiger partial charge in [-0.1, -0.05) is 6.42 Å². The van der Waals surface area contributed by atoms with Crippen LogP contribution in [0.3, 0.4) is 0 Å². The number of rotatable bonds is 4. The van der Waals surface area contributed by atoms with Gasteiger partial charge in [-0.3, -0.25) is 4.90 Å². The van der Waals surface area contributed by atoms with Gasteiger partial charge in [-0.25, -0.2) is 4.98 Å². The number of piperidine rings is 1. The molecule has 2 heterocycles. The van der Waals surface area contributed by atoms with E-state index in [1.54, 1.807) is 11.3 Å². The number of likely N-dealkylation sites (tertiary alicyclic amines) is 1. The topological polar surface area (TPSA) is 36.4 Å². The molecule has 1 aromatic rings. The lowest BCUT2D eigenvalue weighted by molar-refractivity contribution is 0.0587. The van der Waals surface area contributed by atoms with Gasteiger partial charge >= 0.3 is 0 Å². The number of alkyl halides is 1. The molecule has 1 aliphatic rings. The van der Waals surface area contributed by atoms with Crippen LogP contribution in [-0.4, -0.2) is 34.2 Å². The van der Waals surface area contributed by atoms with E-state index in [1.165, 1.54) is 12.8 Å². The van der Waals surface area contributed by atoms with E-state index in [0.29, 0.717) is 11.9 Å². The Morgan fingerprint density at radius 1 is 1.65 bits per heavy atom. The Kier molecular flexibility index (Phi) is 4.79. The van der Waals surface area contributed by atoms with Crippen molar-refractivity contribution in [2.45, 2.75) is 44.1 Å². The molecular weight excluding hydrogens is 256 g/mol. The summed E-state index contributed by atoms with van der Waals surface area (Å²) in [4.78, 5) is 6.91. The largest absolute Gasteiger partial charge is 0.395 e. The van der Waals surface area contributed by atoms with Gasteiger partial charge in [-0.15, -0.1) is 22.9 Å². The number of hydrogen-bond acceptors (Lipinski definition) is 4. The summed E-state index contributed by atoms with van der Waals surface area (Å²) in [6, 6.07) is 0.580. The molecular formula is C12H19ClN2OS. The third-order valence-electron chi connectivity index (χ3n) is 3.44. The zero-order valence-electron chi connectivity index (χ0n) is 10.1. The second-order valence-corrected chi connectivity index (χ2v) is 5.71. The highest BCUT2D eigenvalue weighted by atomic mass is 35.5. The van der Waals surface area contributed by atoms with Crippen molar-refractivity contribution in [3.05, 3.63) is 16.1 Å². The van der Waals surface area contributed by atoms with E-state index in [2.05, 4.69) is 16.8 Å². The van der Waals surface area contributed by atoms with E-state index in [0.717, 1.165) is 23.7 Å². The zero-order valence-corrected chi connectivity index (χ0v) is 11.7. The molecule has 0 aromatic carbocycles. The van der Waals surface area contributed by atoms with Gasteiger partial charge < -0.3 is 5.11 Å². The van der Waals surface area contributed by atoms with E-state index >= 15 is 0 Å². The highest BCUT2D eigenvalue weighted by Crippen LogP contribution is 2.30. The van der Waals surface area contributed by atoms with Crippen LogP contribution in [0.2, 0.25) is 0 Å². The highest BCUT2D eigenvalue weighted by molar-refractivity contribution is 7.09. The van der Waals surface area contributed by atoms with E-state index in [1.807, 2.05) is 5.38 Å². The van der Waals surface area contributed by atoms with Gasteiger partial charge in [0, 0.05) is 11.4 Å². The molecule has 2 atom stereocenters. The first kappa shape index (κ1) is 13.3. The Balaban J connectivity index is 2.09. The fourth-order valence-corrected chi connectivity index (χ4v) is 3.57. The highest BCUT2D eigenvalue weighted by Gasteiger charge is 2.28. The molecule has 0 spiro atoms. The van der Waals surface area contributed by atoms with Crippen LogP contribution < -0.4 is 0 Å². The average molecular weight is 275 g/mol. The van der Waals surface area contributed by atoms with Crippen LogP contribution in [0, 0.1) is 0 Å². The van der Waals surface area contributed by atoms with Crippen molar-refractivity contribution in [2.24, 2.45) is 0 Å². The molecule has 1 saturated heterocycles. The number of aromatic nitrogens is 1. The summed E-state index contributed by atoms with van der Waals surface area (Å²) in [5.41, 5.74) is 0.955. The number of nitrogens with zero attached hydrogens (tertiary/aromatic N) is 2. The summed E-state index contributed by atoms with van der Waals surface area (Å²) in [7, 11) is 0. The Hall–Kier alpha value is -0.160. The van der Waals surface area contributed by atoms with Gasteiger partial charge in [0.1, 0.15) is 5.01 Å². The Bertz CT molecular complexity index is 358. The van der Waals surface area contributed by atoms with Crippen molar-refractivity contribution in [2.75, 3.05) is 13.2 Å². The molecule has 0 amide bonds. The van der Waals surface area contributed by atoms with Gasteiger partial charge in [0.05, 0.1) is 24.2 Å². The number of aliphatic hydroxyl groups excluding tert-OH is 1. The SMILES string of the molecule is CC(c1nc(CCl)cs1)N1CCCCC1CO. The quantitative estimate of drug-likeness (QED) is 0.858. The Morgan fingerprint density at radius 3 is 3.12 bits per heavy atom. The molecule has 0 aliphatic carbocycles. The van der Waals surface area contributed by atoms with E-state index in [-0.39, 0.29) is 12.6 Å². The van der Waals surface area contributed by atoms with Crippen LogP contribution >= 0.6 is 22.9 Å². The molecule has 0 radical (unpaired) electrons. The number of halogens is 1. The van der Waals surface area contributed by atoms with Crippen molar-refractivity contribution in [3.8, 4) is 0 Å². The lowest BCUT2D eigenvalue weighted by Gasteiger charge is -2.38. The summed E-state index contributed by atoms with van der Waals surface area (Å²) in [5.74, 6) is 0.479. The lowest BCUT2D eigenvalue weighted by Crippen LogP contribution is -2.43. The fraction of sp³-hybridized carbons (Fsp3) is 0.750. The molecule has 5 heteroatoms. The smallest absolute Gasteiger partial charge is 0.110 e. The van der Waals surface area contributed by atoms with Crippen LogP contribution in [0.5, 0.6) is 0 Å². The van der Waals surface area contributed by atoms with Crippen LogP contribution in [0.1, 0.15) is 42.9 Å². The molecule has 96 valence electrons. The minimum atomic E-state index is 0.248. The minimum absolute atomic E-state index is 0.248. The number of thiazole rings is 1. The van der Waals surface area contributed by atoms with E-state index < -0.39 is 0 Å². The number of hydrogen-bond donors (Lipinski definition) is 1. The van der Waals surface area contributed by atoms with Crippen LogP contribution in [0.4, 0.5) is 0 Å². The summed E-state index contributed by atoms with van der Waals surface area (Å²) in [5, 5.41) is 12.6. The summed E-state index contributed by atoms with van der Waals surface area (Å²) < 4.78 is 0. The third kappa shape index (κ3) is 2.99. The Morgan fingerprint density at radius 2 is 2.47 bits per heavy atom. The van der Waals surface area contributed by atoms with Crippen molar-refractivity contribution >= 4 is 22.9 Å². The van der Waals surface area contributed by atoms with Crippen molar-refractivity contribution < 1.29 is 5.11 Å². The summed E-state index contributed by atoms with van der Waals surface area (Å²) in [6.45, 7) is 3.48. The first-order chi connectivity index (χ1) is 8.26. The van der Waals surface area contributed by atoms with Crippen molar-refractivity contribution in [1.29, 1.82) is 0 Å². The van der Waals surface area contributed by atoms with Gasteiger partial charge in [0.2, 0.25) is 0 Å². The molecule has 1 N–H and O–H groups in total. The van der Waals surface area contributed by atoms with Gasteiger partial charge in [0.15, 0.2) is 0 Å². The molecule has 3 nitrogen and oxygen atoms in total. The standard InChI is InChI=1S/C12H19ClN2OS/c1-9(12-14-10(6-13)8-17-12)15-5-3-2-4-11(15)7-16/h8-9,11,16H,2-7H2,1H3. The van der Waals surface area contributed by atoms with Crippen LogP contribution in [0.25, 0.3) is 0 Å². The first-order valence-electron chi connectivity index (χ1n) is 6.13. The van der Waals surface area contributed by atoms with E-state index in [4.69, 9.17) is 11.6 Å². The van der Waals surface area contributed by atoms with Crippen molar-refractivity contribution in [3.63, 3.8) is 0 Å². The average Bonchev–Trinajstić information content (AvgIpc) is 2.86. The molecule has 0 saturated carbocycles. The molecule has 1 aromatic heterocycles. The molecule has 2 rings (SSSR count). The summed E-state index contributed by atoms with van der Waals surface area (Å²) >= 11 is 7.45. The molecule has 1 aliphatic heterocycles. The van der Waals surface area contributed by atoms with Gasteiger partial charge in [0.25, 0.3) is 0 Å². The lowest BCUT2D eigenvalue weighted by atomic mass is 10.0. The maximum absolute atomic E-state index is 9.43. The molecule has 0 bridgehead atoms. The monoisotopic (exact) mass is 274 g/mol. The Labute approximate surface area is 111 Å². The second kappa shape index (κ2) is 6.14. The maximum atomic E-state index is 9.43. The molecule has 2 unspecified atom stereocenters. The normalized spacial score (nSPS) is 23.8. The van der Waals surface area contributed by atoms with Crippen molar-refractivity contribution in [1.82, 2.24) is 9.88 Å². The number of aliphatic hydroxyl groups is 1. The molecule has 17 heavy (non-hydrogen) atoms. The maximum Gasteiger partial charge on any atom is 0.110 e. The third-order valence-corrected chi connectivity index (χ3v) is 4.78. The fourth-order valence-electron chi connectivity index (χ4n) is 2.45. The first-order valence-corrected chi connectivity index (χ1v) is 7.54. The van der Waals surface area contributed by atoms with E-state index in [9.17, 15) is 5.11 Å². The van der Waals surface area contributed by atoms with Gasteiger partial charge in [-0.05, 0) is 26.3 Å². The predicted octanol–water partition coefficient (Wildman–Crippen LogP) is 2.79. The predicted molar refractivity (Wildman–Crippen MR) is 71.5 cm³/mol. The van der Waals surface area contributed by atoms with Crippen LogP contribution in [0.15, 0.2) is 5.38 Å².